The smallest absolute Gasteiger partial charge is 0.257 e. The number of anilines is 3. The Morgan fingerprint density at radius 1 is 0.574 bits per heavy atom. The van der Waals surface area contributed by atoms with E-state index in [2.05, 4.69) is 40.9 Å². The molecule has 0 bridgehead atoms. The third-order valence-corrected chi connectivity index (χ3v) is 22.0. The number of aromatic amines is 3. The third-order valence-electron chi connectivity index (χ3n) is 16.1. The van der Waals surface area contributed by atoms with Crippen LogP contribution in [0.1, 0.15) is 63.2 Å². The van der Waals surface area contributed by atoms with E-state index in [4.69, 9.17) is 11.6 Å². The molecule has 12 rings (SSSR count). The number of halogens is 6. The number of benzene rings is 6. The molecule has 3 aliphatic rings. The van der Waals surface area contributed by atoms with Crippen LogP contribution in [-0.2, 0) is 30.1 Å². The van der Waals surface area contributed by atoms with E-state index in [1.54, 1.807) is 12.3 Å². The average Bonchev–Trinajstić information content (AvgIpc) is 1.24. The number of carbonyl (C=O) groups is 3. The molecule has 9 aromatic rings. The zero-order chi connectivity index (χ0) is 67.6. The van der Waals surface area contributed by atoms with Gasteiger partial charge in [0.2, 0.25) is 30.1 Å². The molecule has 0 spiro atoms. The SMILES string of the molecule is O=C(Nc1ccc(F)c(Cl)c1)c1cc(S(=O)(=O)N2CCC(O)CC2)cc2cc[nH]c12.O=C(Nc1ccc(F)c(F)c1)c1cc(S(=O)(=O)N2CCC(CO)C(O)C2)c2nc[nH]c2c1.O=C(Nc1ccc(F)c(F)c1)c1cc(S(=O)(=O)N2CCC(O)(CO)CC2)c2nc[nH]c2c1. The molecule has 0 saturated carbocycles. The fraction of sp³-hybridized carbons (Fsp3) is 0.283. The Bertz CT molecular complexity index is 4720. The molecule has 6 aromatic carbocycles. The highest BCUT2D eigenvalue weighted by molar-refractivity contribution is 7.90. The first-order chi connectivity index (χ1) is 44.6. The summed E-state index contributed by atoms with van der Waals surface area (Å²) < 4.78 is 150. The number of amides is 3. The van der Waals surface area contributed by atoms with Gasteiger partial charge in [0.15, 0.2) is 23.3 Å². The lowest BCUT2D eigenvalue weighted by Gasteiger charge is -2.36. The van der Waals surface area contributed by atoms with Crippen LogP contribution < -0.4 is 16.0 Å². The van der Waals surface area contributed by atoms with E-state index in [0.29, 0.717) is 29.3 Å². The molecule has 94 heavy (non-hydrogen) atoms. The van der Waals surface area contributed by atoms with Crippen LogP contribution in [-0.4, -0.2) is 177 Å². The maximum absolute atomic E-state index is 13.4. The number of nitrogens with zero attached hydrogens (tertiary/aromatic N) is 5. The van der Waals surface area contributed by atoms with Gasteiger partial charge in [-0.25, -0.2) is 57.2 Å². The molecule has 2 atom stereocenters. The average molecular weight is 1380 g/mol. The molecular formula is C60H59ClF5N11O14S3. The summed E-state index contributed by atoms with van der Waals surface area (Å²) in [6.45, 7) is -0.448. The molecule has 3 fully saturated rings. The van der Waals surface area contributed by atoms with Crippen LogP contribution in [0.3, 0.4) is 0 Å². The van der Waals surface area contributed by atoms with Crippen LogP contribution in [0.25, 0.3) is 33.0 Å². The number of hydrogen-bond donors (Lipinski definition) is 11. The van der Waals surface area contributed by atoms with E-state index in [0.717, 1.165) is 45.0 Å². The largest absolute Gasteiger partial charge is 0.396 e. The van der Waals surface area contributed by atoms with Crippen molar-refractivity contribution in [2.75, 3.05) is 68.4 Å². The van der Waals surface area contributed by atoms with E-state index in [-0.39, 0.29) is 135 Å². The van der Waals surface area contributed by atoms with Gasteiger partial charge in [-0.1, -0.05) is 11.6 Å². The van der Waals surface area contributed by atoms with Crippen molar-refractivity contribution in [2.45, 2.75) is 64.6 Å². The highest BCUT2D eigenvalue weighted by Crippen LogP contribution is 2.34. The van der Waals surface area contributed by atoms with Crippen molar-refractivity contribution in [2.24, 2.45) is 5.92 Å². The summed E-state index contributed by atoms with van der Waals surface area (Å²) in [5.41, 5.74) is 0.319. The molecular weight excluding hydrogens is 1330 g/mol. The highest BCUT2D eigenvalue weighted by Gasteiger charge is 2.39. The first kappa shape index (κ1) is 68.5. The van der Waals surface area contributed by atoms with Gasteiger partial charge in [0.1, 0.15) is 26.6 Å². The van der Waals surface area contributed by atoms with Gasteiger partial charge in [-0.15, -0.1) is 0 Å². The lowest BCUT2D eigenvalue weighted by Crippen LogP contribution is -2.48. The number of rotatable bonds is 14. The molecule has 0 radical (unpaired) electrons. The molecule has 34 heteroatoms. The maximum atomic E-state index is 13.4. The van der Waals surface area contributed by atoms with Crippen molar-refractivity contribution < 1.29 is 87.1 Å². The van der Waals surface area contributed by atoms with Gasteiger partial charge >= 0.3 is 0 Å². The van der Waals surface area contributed by atoms with E-state index < -0.39 is 107 Å². The van der Waals surface area contributed by atoms with Crippen molar-refractivity contribution in [3.05, 3.63) is 167 Å². The second kappa shape index (κ2) is 27.9. The normalized spacial score (nSPS) is 17.6. The minimum Gasteiger partial charge on any atom is -0.396 e. The fourth-order valence-corrected chi connectivity index (χ4v) is 15.7. The number of piperidine rings is 3. The molecule has 3 amide bonds. The highest BCUT2D eigenvalue weighted by atomic mass is 35.5. The van der Waals surface area contributed by atoms with E-state index in [1.165, 1.54) is 71.6 Å². The zero-order valence-corrected chi connectivity index (χ0v) is 52.2. The zero-order valence-electron chi connectivity index (χ0n) is 49.0. The Morgan fingerprint density at radius 3 is 1.56 bits per heavy atom. The van der Waals surface area contributed by atoms with E-state index in [9.17, 15) is 87.1 Å². The Labute approximate surface area is 537 Å². The van der Waals surface area contributed by atoms with Crippen molar-refractivity contribution in [3.63, 3.8) is 0 Å². The van der Waals surface area contributed by atoms with Gasteiger partial charge in [0.05, 0.1) is 69.1 Å². The number of β-amino-alcohol motifs (C(OH)–C–C–N with tert-alkyl or cyclic N) is 1. The summed E-state index contributed by atoms with van der Waals surface area (Å²) in [5.74, 6) is -7.45. The van der Waals surface area contributed by atoms with Gasteiger partial charge < -0.3 is 56.4 Å². The standard InChI is InChI=1S/C20H19ClFN3O4S.2C20H20F2N4O5S/c21-17-10-13(1-2-18(17)22)24-20(27)16-11-15(9-12-3-6-23-19(12)16)30(28,29)25-7-4-14(26)5-8-25;21-14-2-1-13(9-15(14)22)25-19(28)12-7-16-18(24-11-23-16)17(8-12)32(30,31)26-5-3-20(29,10-27)4-6-26;21-14-2-1-13(7-15(14)22)25-20(29)12-5-16-19(24-10-23-16)18(6-12)32(30,31)26-4-3-11(9-27)17(28)8-26/h1-3,6,9-11,14,23,26H,4-5,7-8H2,(H,24,27);1-2,7-9,11,27,29H,3-6,10H2,(H,23,24)(H,25,28);1-2,5-7,10-11,17,27-28H,3-4,8-9H2,(H,23,24)(H,25,29). The predicted molar refractivity (Wildman–Crippen MR) is 332 cm³/mol. The van der Waals surface area contributed by atoms with Crippen molar-refractivity contribution in [1.82, 2.24) is 37.8 Å². The first-order valence-electron chi connectivity index (χ1n) is 28.7. The molecule has 3 aliphatic heterocycles. The molecule has 3 aromatic heterocycles. The Hall–Kier alpha value is -8.32. The Kier molecular flexibility index (Phi) is 20.4. The summed E-state index contributed by atoms with van der Waals surface area (Å²) in [4.78, 5) is 54.5. The van der Waals surface area contributed by atoms with Crippen LogP contribution >= 0.6 is 11.6 Å². The maximum Gasteiger partial charge on any atom is 0.257 e. The Morgan fingerprint density at radius 2 is 1.06 bits per heavy atom. The lowest BCUT2D eigenvalue weighted by molar-refractivity contribution is -0.0480. The number of aromatic nitrogens is 5. The minimum absolute atomic E-state index is 0.00216. The number of imidazole rings is 2. The van der Waals surface area contributed by atoms with Crippen LogP contribution in [0.5, 0.6) is 0 Å². The summed E-state index contributed by atoms with van der Waals surface area (Å²) in [7, 11) is -12.1. The van der Waals surface area contributed by atoms with Gasteiger partial charge in [-0.2, -0.15) is 12.9 Å². The van der Waals surface area contributed by atoms with Crippen LogP contribution in [0.4, 0.5) is 39.0 Å². The summed E-state index contributed by atoms with van der Waals surface area (Å²) >= 11 is 5.77. The molecule has 6 heterocycles. The molecule has 3 saturated heterocycles. The number of hydrogen-bond acceptors (Lipinski definition) is 16. The number of aliphatic hydroxyl groups excluding tert-OH is 4. The van der Waals surface area contributed by atoms with Gasteiger partial charge in [-0.3, -0.25) is 14.4 Å². The number of nitrogens with one attached hydrogen (secondary N) is 6. The minimum atomic E-state index is -4.14. The number of fused-ring (bicyclic) bond motifs is 3. The third kappa shape index (κ3) is 14.8. The number of carbonyl (C=O) groups excluding carboxylic acids is 3. The summed E-state index contributed by atoms with van der Waals surface area (Å²) in [6.07, 6.45) is 3.78. The van der Waals surface area contributed by atoms with Crippen LogP contribution in [0, 0.1) is 35.0 Å². The van der Waals surface area contributed by atoms with Gasteiger partial charge in [-0.05, 0) is 117 Å². The monoisotopic (exact) mass is 1380 g/mol. The first-order valence-corrected chi connectivity index (χ1v) is 33.4. The van der Waals surface area contributed by atoms with Crippen LogP contribution in [0.2, 0.25) is 5.02 Å². The predicted octanol–water partition coefficient (Wildman–Crippen LogP) is 6.42. The summed E-state index contributed by atoms with van der Waals surface area (Å²) in [6, 6.07) is 19.1. The molecule has 498 valence electrons. The Balaban J connectivity index is 0.000000154. The number of H-pyrrole nitrogens is 3. The second-order valence-corrected chi connectivity index (χ2v) is 28.4. The summed E-state index contributed by atoms with van der Waals surface area (Å²) in [5, 5.41) is 56.5. The molecule has 11 N–H and O–H groups in total. The lowest BCUT2D eigenvalue weighted by atomic mass is 9.94. The second-order valence-electron chi connectivity index (χ2n) is 22.3. The van der Waals surface area contributed by atoms with Gasteiger partial charge in [0.25, 0.3) is 17.7 Å². The number of aliphatic hydroxyl groups is 5. The van der Waals surface area contributed by atoms with Crippen molar-refractivity contribution in [1.29, 1.82) is 0 Å². The van der Waals surface area contributed by atoms with Crippen molar-refractivity contribution >= 4 is 109 Å². The molecule has 0 aliphatic carbocycles. The van der Waals surface area contributed by atoms with Crippen molar-refractivity contribution in [3.8, 4) is 0 Å². The van der Waals surface area contributed by atoms with E-state index in [1.807, 2.05) is 0 Å². The van der Waals surface area contributed by atoms with Gasteiger partial charge in [0, 0.05) is 104 Å². The number of sulfonamides is 3. The fourth-order valence-electron chi connectivity index (χ4n) is 10.7. The quantitative estimate of drug-likeness (QED) is 0.0523. The molecule has 2 unspecified atom stereocenters. The topological polar surface area (TPSA) is 374 Å². The molecule has 25 nitrogen and oxygen atoms in total. The van der Waals surface area contributed by atoms with E-state index >= 15 is 0 Å². The van der Waals surface area contributed by atoms with Crippen LogP contribution in [0.15, 0.2) is 131 Å².